The number of halogens is 6. The molecule has 218 valence electrons. The molecule has 0 unspecified atom stereocenters. The predicted molar refractivity (Wildman–Crippen MR) is 137 cm³/mol. The summed E-state index contributed by atoms with van der Waals surface area (Å²) >= 11 is 0. The average molecular weight is 571 g/mol. The lowest BCUT2D eigenvalue weighted by Crippen LogP contribution is -2.55. The quantitative estimate of drug-likeness (QED) is 0.219. The standard InChI is InChI=1S/C30H32F6O4/c1-5-27(6-2,23-12-13-25(20(4)17-23)39-18-24-8-7-9-26(37)40-24)22-11-10-21(19(3)16-22)14-15-28(38,29(31,32)33)30(34,35)36/h10-13,16-17,24,38H,5-9,18H2,1-4H3/t24-/m1/s1. The zero-order chi connectivity index (χ0) is 29.9. The summed E-state index contributed by atoms with van der Waals surface area (Å²) in [4.78, 5) is 11.5. The Morgan fingerprint density at radius 1 is 0.950 bits per heavy atom. The number of aryl methyl sites for hydroxylation is 2. The molecule has 1 aliphatic heterocycles. The molecule has 0 aliphatic carbocycles. The lowest BCUT2D eigenvalue weighted by Gasteiger charge is -2.34. The second-order valence-electron chi connectivity index (χ2n) is 10.1. The molecule has 2 aromatic rings. The first-order valence-corrected chi connectivity index (χ1v) is 13.0. The van der Waals surface area contributed by atoms with E-state index in [1.165, 1.54) is 6.07 Å². The Hall–Kier alpha value is -3.19. The summed E-state index contributed by atoms with van der Waals surface area (Å²) in [7, 11) is 0. The van der Waals surface area contributed by atoms with Crippen molar-refractivity contribution in [3.05, 3.63) is 64.2 Å². The van der Waals surface area contributed by atoms with Gasteiger partial charge in [-0.3, -0.25) is 4.79 Å². The molecule has 1 aliphatic rings. The molecule has 40 heavy (non-hydrogen) atoms. The van der Waals surface area contributed by atoms with Gasteiger partial charge in [-0.05, 0) is 79.8 Å². The first-order valence-electron chi connectivity index (χ1n) is 13.0. The molecule has 1 heterocycles. The number of hydrogen-bond donors (Lipinski definition) is 1. The van der Waals surface area contributed by atoms with Crippen molar-refractivity contribution in [3.8, 4) is 17.6 Å². The van der Waals surface area contributed by atoms with Crippen LogP contribution in [0.15, 0.2) is 36.4 Å². The van der Waals surface area contributed by atoms with E-state index < -0.39 is 23.4 Å². The van der Waals surface area contributed by atoms with E-state index in [4.69, 9.17) is 9.47 Å². The zero-order valence-corrected chi connectivity index (χ0v) is 22.7. The van der Waals surface area contributed by atoms with E-state index in [0.29, 0.717) is 30.6 Å². The minimum absolute atomic E-state index is 0.0554. The Morgan fingerprint density at radius 2 is 1.52 bits per heavy atom. The van der Waals surface area contributed by atoms with Gasteiger partial charge in [-0.1, -0.05) is 44.0 Å². The second kappa shape index (κ2) is 11.7. The molecule has 10 heteroatoms. The summed E-state index contributed by atoms with van der Waals surface area (Å²) in [5, 5.41) is 9.36. The SMILES string of the molecule is CCC(CC)(c1ccc(C#CC(O)(C(F)(F)F)C(F)(F)F)c(C)c1)c1ccc(OC[C@H]2CCCC(=O)O2)c(C)c1. The number of esters is 1. The topological polar surface area (TPSA) is 55.8 Å². The number of carbonyl (C=O) groups is 1. The largest absolute Gasteiger partial charge is 0.489 e. The highest BCUT2D eigenvalue weighted by atomic mass is 19.4. The monoisotopic (exact) mass is 570 g/mol. The minimum atomic E-state index is -6.01. The molecule has 0 saturated carbocycles. The molecule has 0 amide bonds. The van der Waals surface area contributed by atoms with Crippen LogP contribution >= 0.6 is 0 Å². The fourth-order valence-electron chi connectivity index (χ4n) is 4.98. The van der Waals surface area contributed by atoms with E-state index in [0.717, 1.165) is 35.5 Å². The molecular weight excluding hydrogens is 538 g/mol. The fourth-order valence-corrected chi connectivity index (χ4v) is 4.98. The predicted octanol–water partition coefficient (Wildman–Crippen LogP) is 7.09. The maximum atomic E-state index is 13.0. The van der Waals surface area contributed by atoms with Gasteiger partial charge in [0.15, 0.2) is 0 Å². The van der Waals surface area contributed by atoms with Gasteiger partial charge in [-0.15, -0.1) is 0 Å². The number of alkyl halides is 6. The molecule has 1 atom stereocenters. The van der Waals surface area contributed by atoms with Gasteiger partial charge in [0.25, 0.3) is 0 Å². The van der Waals surface area contributed by atoms with Crippen LogP contribution in [-0.2, 0) is 14.9 Å². The Balaban J connectivity index is 1.91. The number of cyclic esters (lactones) is 1. The molecular formula is C30H32F6O4. The molecule has 0 spiro atoms. The molecule has 1 N–H and O–H groups in total. The third-order valence-electron chi connectivity index (χ3n) is 7.54. The van der Waals surface area contributed by atoms with Gasteiger partial charge >= 0.3 is 23.9 Å². The van der Waals surface area contributed by atoms with Gasteiger partial charge < -0.3 is 14.6 Å². The number of rotatable bonds is 7. The molecule has 0 radical (unpaired) electrons. The molecule has 3 rings (SSSR count). The number of aliphatic hydroxyl groups is 1. The third-order valence-corrected chi connectivity index (χ3v) is 7.54. The van der Waals surface area contributed by atoms with Crippen LogP contribution in [0.4, 0.5) is 26.3 Å². The second-order valence-corrected chi connectivity index (χ2v) is 10.1. The number of hydrogen-bond acceptors (Lipinski definition) is 4. The number of carbonyl (C=O) groups excluding carboxylic acids is 1. The summed E-state index contributed by atoms with van der Waals surface area (Å²) in [6.07, 6.45) is -9.09. The normalized spacial score (nSPS) is 16.7. The van der Waals surface area contributed by atoms with Crippen LogP contribution in [0.3, 0.4) is 0 Å². The van der Waals surface area contributed by atoms with Gasteiger partial charge in [0, 0.05) is 17.4 Å². The highest BCUT2D eigenvalue weighted by Gasteiger charge is 2.70. The van der Waals surface area contributed by atoms with E-state index >= 15 is 0 Å². The zero-order valence-electron chi connectivity index (χ0n) is 22.7. The van der Waals surface area contributed by atoms with Crippen LogP contribution in [-0.4, -0.2) is 41.7 Å². The molecule has 1 saturated heterocycles. The molecule has 0 bridgehead atoms. The van der Waals surface area contributed by atoms with Gasteiger partial charge in [0.1, 0.15) is 18.5 Å². The van der Waals surface area contributed by atoms with Crippen LogP contribution in [0, 0.1) is 25.7 Å². The summed E-state index contributed by atoms with van der Waals surface area (Å²) in [6.45, 7) is 7.68. The molecule has 0 aromatic heterocycles. The van der Waals surface area contributed by atoms with Gasteiger partial charge in [0.05, 0.1) is 0 Å². The van der Waals surface area contributed by atoms with Crippen LogP contribution in [0.5, 0.6) is 5.75 Å². The summed E-state index contributed by atoms with van der Waals surface area (Å²) in [5.41, 5.74) is -2.66. The Labute approximate surface area is 229 Å². The van der Waals surface area contributed by atoms with Crippen molar-refractivity contribution in [2.45, 2.75) is 89.3 Å². The molecule has 2 aromatic carbocycles. The van der Waals surface area contributed by atoms with Gasteiger partial charge in [-0.2, -0.15) is 26.3 Å². The Bertz CT molecular complexity index is 1270. The van der Waals surface area contributed by atoms with E-state index in [1.54, 1.807) is 19.1 Å². The maximum absolute atomic E-state index is 13.0. The van der Waals surface area contributed by atoms with Gasteiger partial charge in [-0.25, -0.2) is 0 Å². The van der Waals surface area contributed by atoms with Crippen LogP contribution in [0.25, 0.3) is 0 Å². The van der Waals surface area contributed by atoms with Crippen LogP contribution in [0.1, 0.15) is 73.8 Å². The van der Waals surface area contributed by atoms with Crippen molar-refractivity contribution < 1.29 is 45.7 Å². The van der Waals surface area contributed by atoms with E-state index in [2.05, 4.69) is 0 Å². The number of benzene rings is 2. The Kier molecular flexibility index (Phi) is 9.19. The average Bonchev–Trinajstić information content (AvgIpc) is 2.87. The lowest BCUT2D eigenvalue weighted by atomic mass is 9.70. The van der Waals surface area contributed by atoms with Crippen molar-refractivity contribution in [2.75, 3.05) is 6.61 Å². The lowest BCUT2D eigenvalue weighted by molar-refractivity contribution is -0.343. The Morgan fingerprint density at radius 3 is 2.02 bits per heavy atom. The van der Waals surface area contributed by atoms with Crippen molar-refractivity contribution in [1.82, 2.24) is 0 Å². The molecule has 4 nitrogen and oxygen atoms in total. The first kappa shape index (κ1) is 31.3. The van der Waals surface area contributed by atoms with Crippen LogP contribution < -0.4 is 4.74 Å². The van der Waals surface area contributed by atoms with Crippen LogP contribution in [0.2, 0.25) is 0 Å². The third kappa shape index (κ3) is 6.25. The smallest absolute Gasteiger partial charge is 0.438 e. The van der Waals surface area contributed by atoms with Crippen molar-refractivity contribution in [2.24, 2.45) is 0 Å². The van der Waals surface area contributed by atoms with E-state index in [-0.39, 0.29) is 24.2 Å². The van der Waals surface area contributed by atoms with Crippen molar-refractivity contribution in [3.63, 3.8) is 0 Å². The van der Waals surface area contributed by atoms with Gasteiger partial charge in [0.2, 0.25) is 0 Å². The first-order chi connectivity index (χ1) is 18.6. The minimum Gasteiger partial charge on any atom is -0.489 e. The van der Waals surface area contributed by atoms with E-state index in [1.807, 2.05) is 44.9 Å². The molecule has 1 fully saturated rings. The highest BCUT2D eigenvalue weighted by Crippen LogP contribution is 2.43. The summed E-state index contributed by atoms with van der Waals surface area (Å²) in [5.74, 6) is 3.33. The highest BCUT2D eigenvalue weighted by molar-refractivity contribution is 5.70. The van der Waals surface area contributed by atoms with Crippen molar-refractivity contribution in [1.29, 1.82) is 0 Å². The summed E-state index contributed by atoms with van der Waals surface area (Å²) < 4.78 is 89.4. The summed E-state index contributed by atoms with van der Waals surface area (Å²) in [6, 6.07) is 10.5. The van der Waals surface area contributed by atoms with Crippen molar-refractivity contribution >= 4 is 5.97 Å². The van der Waals surface area contributed by atoms with E-state index in [9.17, 15) is 36.2 Å². The fraction of sp³-hybridized carbons (Fsp3) is 0.500. The number of ether oxygens (including phenoxy) is 2. The maximum Gasteiger partial charge on any atom is 0.438 e.